The van der Waals surface area contributed by atoms with Crippen LogP contribution in [0.3, 0.4) is 0 Å². The number of hydrogen-bond acceptors (Lipinski definition) is 6. The first kappa shape index (κ1) is 54.4. The van der Waals surface area contributed by atoms with Gasteiger partial charge < -0.3 is 14.2 Å². The quantitative estimate of drug-likeness (QED) is 0.0347. The summed E-state index contributed by atoms with van der Waals surface area (Å²) in [5.74, 6) is -0.852. The summed E-state index contributed by atoms with van der Waals surface area (Å²) in [5, 5.41) is 0. The highest BCUT2D eigenvalue weighted by Crippen LogP contribution is 2.17. The van der Waals surface area contributed by atoms with Gasteiger partial charge in [-0.2, -0.15) is 0 Å². The highest BCUT2D eigenvalue weighted by molar-refractivity contribution is 5.71. The molecule has 0 aliphatic carbocycles. The molecule has 0 aromatic heterocycles. The van der Waals surface area contributed by atoms with Crippen molar-refractivity contribution in [2.45, 2.75) is 290 Å². The van der Waals surface area contributed by atoms with Crippen LogP contribution < -0.4 is 0 Å². The van der Waals surface area contributed by atoms with Crippen LogP contribution in [0.2, 0.25) is 0 Å². The average molecular weight is 793 g/mol. The lowest BCUT2D eigenvalue weighted by Crippen LogP contribution is -2.30. The molecule has 0 rings (SSSR count). The molecule has 1 atom stereocenters. The fraction of sp³-hybridized carbons (Fsp3) is 0.940. The van der Waals surface area contributed by atoms with Crippen molar-refractivity contribution in [1.29, 1.82) is 0 Å². The highest BCUT2D eigenvalue weighted by atomic mass is 16.6. The minimum Gasteiger partial charge on any atom is -0.462 e. The van der Waals surface area contributed by atoms with E-state index in [2.05, 4.69) is 20.8 Å². The number of unbranched alkanes of at least 4 members (excludes halogenated alkanes) is 35. The molecule has 0 aliphatic rings. The Hall–Kier alpha value is -1.59. The summed E-state index contributed by atoms with van der Waals surface area (Å²) in [7, 11) is 0. The number of ether oxygens (including phenoxy) is 3. The Kier molecular flexibility index (Phi) is 44.8. The number of rotatable bonds is 46. The molecule has 6 nitrogen and oxygen atoms in total. The molecule has 56 heavy (non-hydrogen) atoms. The van der Waals surface area contributed by atoms with Gasteiger partial charge in [-0.1, -0.05) is 245 Å². The Labute approximate surface area is 348 Å². The van der Waals surface area contributed by atoms with Crippen LogP contribution in [0.5, 0.6) is 0 Å². The lowest BCUT2D eigenvalue weighted by Gasteiger charge is -2.18. The van der Waals surface area contributed by atoms with E-state index < -0.39 is 6.10 Å². The summed E-state index contributed by atoms with van der Waals surface area (Å²) in [5.41, 5.74) is 0. The van der Waals surface area contributed by atoms with E-state index in [-0.39, 0.29) is 31.1 Å². The van der Waals surface area contributed by atoms with E-state index in [4.69, 9.17) is 14.2 Å². The van der Waals surface area contributed by atoms with Crippen LogP contribution in [0.1, 0.15) is 284 Å². The maximum Gasteiger partial charge on any atom is 0.306 e. The van der Waals surface area contributed by atoms with Crippen LogP contribution in [-0.2, 0) is 28.6 Å². The second-order valence-electron chi connectivity index (χ2n) is 17.1. The topological polar surface area (TPSA) is 78.9 Å². The lowest BCUT2D eigenvalue weighted by molar-refractivity contribution is -0.167. The maximum atomic E-state index is 12.7. The average Bonchev–Trinajstić information content (AvgIpc) is 3.19. The largest absolute Gasteiger partial charge is 0.462 e. The number of carbonyl (C=O) groups excluding carboxylic acids is 3. The molecule has 0 spiro atoms. The zero-order chi connectivity index (χ0) is 40.8. The molecule has 0 fully saturated rings. The van der Waals surface area contributed by atoms with E-state index in [0.29, 0.717) is 19.3 Å². The molecule has 0 aliphatic heterocycles. The minimum absolute atomic E-state index is 0.0626. The Balaban J connectivity index is 4.15. The fourth-order valence-corrected chi connectivity index (χ4v) is 7.56. The van der Waals surface area contributed by atoms with Gasteiger partial charge in [0.1, 0.15) is 13.2 Å². The summed E-state index contributed by atoms with van der Waals surface area (Å²) < 4.78 is 16.7. The molecule has 332 valence electrons. The van der Waals surface area contributed by atoms with Crippen molar-refractivity contribution in [2.24, 2.45) is 0 Å². The Morgan fingerprint density at radius 3 is 0.714 bits per heavy atom. The SMILES string of the molecule is CCCCCCCCCCCCCCCCCCCCCC(=O)OC[C@H](COC(=O)CCCCCCCCC)OC(=O)CCCCCCCCCCCCCC. The van der Waals surface area contributed by atoms with Crippen LogP contribution in [0, 0.1) is 0 Å². The summed E-state index contributed by atoms with van der Waals surface area (Å²) in [6.45, 7) is 6.63. The normalized spacial score (nSPS) is 11.8. The van der Waals surface area contributed by atoms with Crippen molar-refractivity contribution >= 4 is 17.9 Å². The molecule has 6 heteroatoms. The van der Waals surface area contributed by atoms with Crippen molar-refractivity contribution in [3.63, 3.8) is 0 Å². The van der Waals surface area contributed by atoms with Gasteiger partial charge in [-0.25, -0.2) is 0 Å². The lowest BCUT2D eigenvalue weighted by atomic mass is 10.0. The van der Waals surface area contributed by atoms with Gasteiger partial charge in [0.05, 0.1) is 0 Å². The number of hydrogen-bond donors (Lipinski definition) is 0. The molecular formula is C50H96O6. The van der Waals surface area contributed by atoms with Crippen molar-refractivity contribution in [3.05, 3.63) is 0 Å². The third kappa shape index (κ3) is 43.5. The monoisotopic (exact) mass is 793 g/mol. The zero-order valence-corrected chi connectivity index (χ0v) is 37.9. The van der Waals surface area contributed by atoms with E-state index in [1.807, 2.05) is 0 Å². The Morgan fingerprint density at radius 1 is 0.286 bits per heavy atom. The van der Waals surface area contributed by atoms with Gasteiger partial charge in [0.2, 0.25) is 0 Å². The number of carbonyl (C=O) groups is 3. The molecule has 0 saturated carbocycles. The second-order valence-corrected chi connectivity index (χ2v) is 17.1. The van der Waals surface area contributed by atoms with E-state index in [0.717, 1.165) is 57.8 Å². The predicted molar refractivity (Wildman–Crippen MR) is 238 cm³/mol. The third-order valence-corrected chi connectivity index (χ3v) is 11.4. The fourth-order valence-electron chi connectivity index (χ4n) is 7.56. The molecule has 0 amide bonds. The summed E-state index contributed by atoms with van der Waals surface area (Å²) in [4.78, 5) is 37.7. The Bertz CT molecular complexity index is 828. The van der Waals surface area contributed by atoms with Crippen molar-refractivity contribution in [1.82, 2.24) is 0 Å². The van der Waals surface area contributed by atoms with E-state index in [1.54, 1.807) is 0 Å². The first-order valence-electron chi connectivity index (χ1n) is 25.0. The molecular weight excluding hydrogens is 697 g/mol. The first-order chi connectivity index (χ1) is 27.5. The van der Waals surface area contributed by atoms with Crippen molar-refractivity contribution in [2.75, 3.05) is 13.2 Å². The molecule has 0 radical (unpaired) electrons. The van der Waals surface area contributed by atoms with Crippen LogP contribution in [-0.4, -0.2) is 37.2 Å². The van der Waals surface area contributed by atoms with E-state index >= 15 is 0 Å². The highest BCUT2D eigenvalue weighted by Gasteiger charge is 2.19. The van der Waals surface area contributed by atoms with Gasteiger partial charge in [-0.05, 0) is 19.3 Å². The standard InChI is InChI=1S/C50H96O6/c1-4-7-10-13-16-18-20-22-23-24-25-26-27-28-30-31-34-37-40-43-49(52)55-46-47(45-54-48(51)42-39-36-33-15-12-9-6-3)56-50(53)44-41-38-35-32-29-21-19-17-14-11-8-5-2/h47H,4-46H2,1-3H3/t47-/m0/s1. The van der Waals surface area contributed by atoms with Crippen LogP contribution in [0.4, 0.5) is 0 Å². The van der Waals surface area contributed by atoms with Gasteiger partial charge >= 0.3 is 17.9 Å². The molecule has 0 unspecified atom stereocenters. The molecule has 0 N–H and O–H groups in total. The maximum absolute atomic E-state index is 12.7. The van der Waals surface area contributed by atoms with E-state index in [1.165, 1.54) is 186 Å². The zero-order valence-electron chi connectivity index (χ0n) is 37.9. The minimum atomic E-state index is -0.758. The van der Waals surface area contributed by atoms with Crippen molar-refractivity contribution in [3.8, 4) is 0 Å². The predicted octanol–water partition coefficient (Wildman–Crippen LogP) is 16.0. The first-order valence-corrected chi connectivity index (χ1v) is 25.0. The van der Waals surface area contributed by atoms with Crippen LogP contribution in [0.25, 0.3) is 0 Å². The molecule has 0 bridgehead atoms. The Morgan fingerprint density at radius 2 is 0.482 bits per heavy atom. The van der Waals surface area contributed by atoms with Crippen LogP contribution in [0.15, 0.2) is 0 Å². The van der Waals surface area contributed by atoms with Gasteiger partial charge in [0.25, 0.3) is 0 Å². The van der Waals surface area contributed by atoms with Gasteiger partial charge in [-0.3, -0.25) is 14.4 Å². The smallest absolute Gasteiger partial charge is 0.306 e. The number of esters is 3. The summed E-state index contributed by atoms with van der Waals surface area (Å²) in [6, 6.07) is 0. The molecule has 0 saturated heterocycles. The van der Waals surface area contributed by atoms with E-state index in [9.17, 15) is 14.4 Å². The summed E-state index contributed by atoms with van der Waals surface area (Å²) >= 11 is 0. The third-order valence-electron chi connectivity index (χ3n) is 11.4. The second kappa shape index (κ2) is 46.1. The molecule has 0 aromatic carbocycles. The molecule has 0 heterocycles. The van der Waals surface area contributed by atoms with Crippen LogP contribution >= 0.6 is 0 Å². The van der Waals surface area contributed by atoms with Gasteiger partial charge in [0.15, 0.2) is 6.10 Å². The van der Waals surface area contributed by atoms with Gasteiger partial charge in [-0.15, -0.1) is 0 Å². The molecule has 0 aromatic rings. The van der Waals surface area contributed by atoms with Crippen molar-refractivity contribution < 1.29 is 28.6 Å². The van der Waals surface area contributed by atoms with Gasteiger partial charge in [0, 0.05) is 19.3 Å². The summed E-state index contributed by atoms with van der Waals surface area (Å²) in [6.07, 6.45) is 48.2.